The highest BCUT2D eigenvalue weighted by atomic mass is 35.5. The molecule has 0 saturated carbocycles. The van der Waals surface area contributed by atoms with Gasteiger partial charge in [-0.05, 0) is 36.5 Å². The number of fused-ring (bicyclic) bond motifs is 1. The van der Waals surface area contributed by atoms with Gasteiger partial charge in [0, 0.05) is 10.9 Å². The van der Waals surface area contributed by atoms with Crippen molar-refractivity contribution in [2.45, 2.75) is 19.3 Å². The molecule has 0 amide bonds. The number of halogens is 1. The highest BCUT2D eigenvalue weighted by Gasteiger charge is 2.19. The molecule has 1 aliphatic rings. The fourth-order valence-electron chi connectivity index (χ4n) is 1.90. The molecule has 1 aromatic rings. The van der Waals surface area contributed by atoms with E-state index < -0.39 is 0 Å². The van der Waals surface area contributed by atoms with Gasteiger partial charge in [-0.15, -0.1) is 0 Å². The predicted molar refractivity (Wildman–Crippen MR) is 53.0 cm³/mol. The molecular formula is C11H11ClO. The predicted octanol–water partition coefficient (Wildman–Crippen LogP) is 2.64. The van der Waals surface area contributed by atoms with Crippen LogP contribution in [0.1, 0.15) is 17.5 Å². The highest BCUT2D eigenvalue weighted by Crippen LogP contribution is 2.29. The Morgan fingerprint density at radius 1 is 1.46 bits per heavy atom. The largest absolute Gasteiger partial charge is 0.303 e. The first-order chi connectivity index (χ1) is 6.31. The average Bonchev–Trinajstić information content (AvgIpc) is 2.18. The van der Waals surface area contributed by atoms with Crippen molar-refractivity contribution in [2.75, 3.05) is 0 Å². The molecule has 1 aliphatic carbocycles. The molecule has 2 rings (SSSR count). The van der Waals surface area contributed by atoms with Gasteiger partial charge in [-0.25, -0.2) is 0 Å². The summed E-state index contributed by atoms with van der Waals surface area (Å²) in [4.78, 5) is 10.6. The molecule has 0 saturated heterocycles. The zero-order chi connectivity index (χ0) is 9.26. The third kappa shape index (κ3) is 1.61. The van der Waals surface area contributed by atoms with Crippen LogP contribution in [0.2, 0.25) is 5.02 Å². The van der Waals surface area contributed by atoms with Gasteiger partial charge in [0.05, 0.1) is 0 Å². The highest BCUT2D eigenvalue weighted by molar-refractivity contribution is 6.31. The number of hydrogen-bond donors (Lipinski definition) is 0. The van der Waals surface area contributed by atoms with E-state index in [1.165, 1.54) is 11.1 Å². The van der Waals surface area contributed by atoms with Crippen molar-refractivity contribution in [2.24, 2.45) is 5.92 Å². The summed E-state index contributed by atoms with van der Waals surface area (Å²) in [6.07, 6.45) is 3.81. The lowest BCUT2D eigenvalue weighted by Crippen LogP contribution is -2.15. The summed E-state index contributed by atoms with van der Waals surface area (Å²) in [6.45, 7) is 0. The van der Waals surface area contributed by atoms with Crippen LogP contribution in [0.25, 0.3) is 0 Å². The molecular weight excluding hydrogens is 184 g/mol. The maximum Gasteiger partial charge on any atom is 0.123 e. The van der Waals surface area contributed by atoms with Gasteiger partial charge >= 0.3 is 0 Å². The summed E-state index contributed by atoms with van der Waals surface area (Å²) in [7, 11) is 0. The first-order valence-corrected chi connectivity index (χ1v) is 4.90. The molecule has 1 nitrogen and oxygen atoms in total. The number of benzene rings is 1. The Bertz CT molecular complexity index is 333. The van der Waals surface area contributed by atoms with E-state index in [-0.39, 0.29) is 5.92 Å². The first-order valence-electron chi connectivity index (χ1n) is 4.53. The second-order valence-corrected chi connectivity index (χ2v) is 3.92. The summed E-state index contributed by atoms with van der Waals surface area (Å²) in [5, 5.41) is 0.849. The first kappa shape index (κ1) is 8.76. The minimum absolute atomic E-state index is 0.200. The Balaban J connectivity index is 2.36. The van der Waals surface area contributed by atoms with Crippen LogP contribution in [0.3, 0.4) is 0 Å². The van der Waals surface area contributed by atoms with Crippen LogP contribution in [0.4, 0.5) is 0 Å². The lowest BCUT2D eigenvalue weighted by molar-refractivity contribution is -0.111. The Morgan fingerprint density at radius 2 is 2.31 bits per heavy atom. The number of hydrogen-bond acceptors (Lipinski definition) is 1. The molecule has 0 radical (unpaired) electrons. The molecule has 1 unspecified atom stereocenters. The van der Waals surface area contributed by atoms with Crippen molar-refractivity contribution < 1.29 is 4.79 Å². The molecule has 68 valence electrons. The van der Waals surface area contributed by atoms with E-state index >= 15 is 0 Å². The molecule has 0 N–H and O–H groups in total. The van der Waals surface area contributed by atoms with Gasteiger partial charge in [0.1, 0.15) is 6.29 Å². The lowest BCUT2D eigenvalue weighted by Gasteiger charge is -2.21. The number of aldehydes is 1. The van der Waals surface area contributed by atoms with E-state index in [1.54, 1.807) is 0 Å². The zero-order valence-electron chi connectivity index (χ0n) is 7.29. The third-order valence-corrected chi connectivity index (χ3v) is 3.01. The zero-order valence-corrected chi connectivity index (χ0v) is 8.05. The molecule has 13 heavy (non-hydrogen) atoms. The van der Waals surface area contributed by atoms with Crippen LogP contribution in [0.15, 0.2) is 18.2 Å². The Morgan fingerprint density at radius 3 is 3.08 bits per heavy atom. The Labute approximate surface area is 82.7 Å². The number of rotatable bonds is 1. The monoisotopic (exact) mass is 194 g/mol. The van der Waals surface area contributed by atoms with Crippen molar-refractivity contribution in [3.63, 3.8) is 0 Å². The fourth-order valence-corrected chi connectivity index (χ4v) is 2.19. The molecule has 0 aromatic heterocycles. The summed E-state index contributed by atoms with van der Waals surface area (Å²) in [6, 6.07) is 5.94. The average molecular weight is 195 g/mol. The Hall–Kier alpha value is -0.820. The SMILES string of the molecule is O=CC1CCc2c(Cl)cccc2C1. The summed E-state index contributed by atoms with van der Waals surface area (Å²) in [5.74, 6) is 0.200. The van der Waals surface area contributed by atoms with Crippen molar-refractivity contribution in [3.05, 3.63) is 34.3 Å². The minimum Gasteiger partial charge on any atom is -0.303 e. The van der Waals surface area contributed by atoms with E-state index in [9.17, 15) is 4.79 Å². The van der Waals surface area contributed by atoms with E-state index in [1.807, 2.05) is 12.1 Å². The third-order valence-electron chi connectivity index (χ3n) is 2.66. The topological polar surface area (TPSA) is 17.1 Å². The van der Waals surface area contributed by atoms with Crippen LogP contribution < -0.4 is 0 Å². The molecule has 1 aromatic carbocycles. The van der Waals surface area contributed by atoms with E-state index in [0.29, 0.717) is 0 Å². The van der Waals surface area contributed by atoms with Gasteiger partial charge < -0.3 is 4.79 Å². The molecule has 0 aliphatic heterocycles. The van der Waals surface area contributed by atoms with Crippen LogP contribution in [0, 0.1) is 5.92 Å². The van der Waals surface area contributed by atoms with Gasteiger partial charge in [0.2, 0.25) is 0 Å². The summed E-state index contributed by atoms with van der Waals surface area (Å²) < 4.78 is 0. The molecule has 0 fully saturated rings. The second kappa shape index (κ2) is 3.51. The van der Waals surface area contributed by atoms with E-state index in [2.05, 4.69) is 6.07 Å². The van der Waals surface area contributed by atoms with Crippen molar-refractivity contribution in [1.82, 2.24) is 0 Å². The Kier molecular flexibility index (Phi) is 2.36. The van der Waals surface area contributed by atoms with Gasteiger partial charge in [-0.1, -0.05) is 23.7 Å². The summed E-state index contributed by atoms with van der Waals surface area (Å²) in [5.41, 5.74) is 2.48. The van der Waals surface area contributed by atoms with Crippen LogP contribution >= 0.6 is 11.6 Å². The van der Waals surface area contributed by atoms with Crippen molar-refractivity contribution >= 4 is 17.9 Å². The fraction of sp³-hybridized carbons (Fsp3) is 0.364. The van der Waals surface area contributed by atoms with Gasteiger partial charge in [-0.2, -0.15) is 0 Å². The number of carbonyl (C=O) groups is 1. The molecule has 0 bridgehead atoms. The maximum atomic E-state index is 10.6. The standard InChI is InChI=1S/C11H11ClO/c12-11-3-1-2-9-6-8(7-13)4-5-10(9)11/h1-3,7-8H,4-6H2. The lowest BCUT2D eigenvalue weighted by atomic mass is 9.85. The molecule has 0 heterocycles. The number of carbonyl (C=O) groups excluding carboxylic acids is 1. The van der Waals surface area contributed by atoms with E-state index in [0.717, 1.165) is 30.6 Å². The maximum absolute atomic E-state index is 10.6. The normalized spacial score (nSPS) is 20.8. The minimum atomic E-state index is 0.200. The van der Waals surface area contributed by atoms with Crippen LogP contribution in [-0.4, -0.2) is 6.29 Å². The molecule has 2 heteroatoms. The van der Waals surface area contributed by atoms with Gasteiger partial charge in [0.15, 0.2) is 0 Å². The summed E-state index contributed by atoms with van der Waals surface area (Å²) >= 11 is 6.04. The second-order valence-electron chi connectivity index (χ2n) is 3.52. The smallest absolute Gasteiger partial charge is 0.123 e. The van der Waals surface area contributed by atoms with Crippen molar-refractivity contribution in [3.8, 4) is 0 Å². The molecule has 0 spiro atoms. The van der Waals surface area contributed by atoms with Crippen molar-refractivity contribution in [1.29, 1.82) is 0 Å². The van der Waals surface area contributed by atoms with E-state index in [4.69, 9.17) is 11.6 Å². The van der Waals surface area contributed by atoms with Crippen LogP contribution in [-0.2, 0) is 17.6 Å². The molecule has 1 atom stereocenters. The van der Waals surface area contributed by atoms with Gasteiger partial charge in [-0.3, -0.25) is 0 Å². The quantitative estimate of drug-likeness (QED) is 0.629. The van der Waals surface area contributed by atoms with Crippen LogP contribution in [0.5, 0.6) is 0 Å². The van der Waals surface area contributed by atoms with Gasteiger partial charge in [0.25, 0.3) is 0 Å².